The number of anilines is 1. The molecule has 1 aliphatic rings. The first-order chi connectivity index (χ1) is 6.27. The lowest BCUT2D eigenvalue weighted by atomic mass is 10.3. The first-order valence-electron chi connectivity index (χ1n) is 4.12. The molecule has 13 heavy (non-hydrogen) atoms. The minimum absolute atomic E-state index is 0.704. The van der Waals surface area contributed by atoms with E-state index in [1.165, 1.54) is 0 Å². The van der Waals surface area contributed by atoms with Crippen molar-refractivity contribution in [3.8, 4) is 0 Å². The summed E-state index contributed by atoms with van der Waals surface area (Å²) in [5.41, 5.74) is 6.68. The van der Waals surface area contributed by atoms with Gasteiger partial charge in [-0.3, -0.25) is 5.01 Å². The number of nitrogens with two attached hydrogens (primary N) is 1. The van der Waals surface area contributed by atoms with Crippen molar-refractivity contribution in [2.24, 2.45) is 10.8 Å². The second-order valence-corrected chi connectivity index (χ2v) is 3.77. The van der Waals surface area contributed by atoms with E-state index in [1.54, 1.807) is 0 Å². The van der Waals surface area contributed by atoms with E-state index in [-0.39, 0.29) is 0 Å². The van der Waals surface area contributed by atoms with E-state index < -0.39 is 0 Å². The minimum Gasteiger partial charge on any atom is -0.386 e. The molecule has 3 nitrogen and oxygen atoms in total. The van der Waals surface area contributed by atoms with Gasteiger partial charge in [0, 0.05) is 17.4 Å². The van der Waals surface area contributed by atoms with Gasteiger partial charge in [0.15, 0.2) is 0 Å². The molecule has 2 N–H and O–H groups in total. The molecule has 1 aromatic carbocycles. The smallest absolute Gasteiger partial charge is 0.122 e. The second-order valence-electron chi connectivity index (χ2n) is 2.92. The molecular weight excluding hydrogens is 230 g/mol. The predicted octanol–water partition coefficient (Wildman–Crippen LogP) is 1.93. The van der Waals surface area contributed by atoms with Gasteiger partial charge in [0.1, 0.15) is 5.84 Å². The number of hydrogen-bond donors (Lipinski definition) is 1. The molecule has 0 fully saturated rings. The number of halogens is 1. The lowest BCUT2D eigenvalue weighted by Crippen LogP contribution is -2.12. The SMILES string of the molecule is NC1=NN(c2ccccc2Br)CC1. The molecule has 1 aliphatic heterocycles. The highest BCUT2D eigenvalue weighted by atomic mass is 79.9. The molecule has 0 bridgehead atoms. The van der Waals surface area contributed by atoms with Crippen LogP contribution >= 0.6 is 15.9 Å². The fourth-order valence-corrected chi connectivity index (χ4v) is 1.80. The van der Waals surface area contributed by atoms with Gasteiger partial charge in [0.2, 0.25) is 0 Å². The van der Waals surface area contributed by atoms with Crippen molar-refractivity contribution in [3.63, 3.8) is 0 Å². The zero-order chi connectivity index (χ0) is 9.26. The van der Waals surface area contributed by atoms with Gasteiger partial charge >= 0.3 is 0 Å². The van der Waals surface area contributed by atoms with Gasteiger partial charge in [-0.1, -0.05) is 12.1 Å². The van der Waals surface area contributed by atoms with Gasteiger partial charge in [-0.25, -0.2) is 0 Å². The van der Waals surface area contributed by atoms with Crippen molar-refractivity contribution in [2.75, 3.05) is 11.6 Å². The average molecular weight is 240 g/mol. The van der Waals surface area contributed by atoms with Crippen molar-refractivity contribution in [1.29, 1.82) is 0 Å². The Morgan fingerprint density at radius 3 is 2.77 bits per heavy atom. The largest absolute Gasteiger partial charge is 0.386 e. The third-order valence-corrected chi connectivity index (χ3v) is 2.63. The molecule has 0 saturated carbocycles. The summed E-state index contributed by atoms with van der Waals surface area (Å²) in [5.74, 6) is 0.704. The molecule has 0 amide bonds. The molecule has 2 rings (SSSR count). The van der Waals surface area contributed by atoms with Crippen LogP contribution in [0.5, 0.6) is 0 Å². The zero-order valence-electron chi connectivity index (χ0n) is 7.07. The Kier molecular flexibility index (Phi) is 2.22. The molecule has 0 saturated heterocycles. The highest BCUT2D eigenvalue weighted by molar-refractivity contribution is 9.10. The quantitative estimate of drug-likeness (QED) is 0.814. The van der Waals surface area contributed by atoms with E-state index in [0.29, 0.717) is 5.84 Å². The van der Waals surface area contributed by atoms with Crippen LogP contribution in [0.2, 0.25) is 0 Å². The van der Waals surface area contributed by atoms with E-state index in [9.17, 15) is 0 Å². The number of benzene rings is 1. The molecule has 0 radical (unpaired) electrons. The first-order valence-corrected chi connectivity index (χ1v) is 4.92. The van der Waals surface area contributed by atoms with Crippen LogP contribution in [0.4, 0.5) is 5.69 Å². The molecule has 0 aromatic heterocycles. The third-order valence-electron chi connectivity index (χ3n) is 1.96. The summed E-state index contributed by atoms with van der Waals surface area (Å²) in [4.78, 5) is 0. The summed E-state index contributed by atoms with van der Waals surface area (Å²) in [7, 11) is 0. The summed E-state index contributed by atoms with van der Waals surface area (Å²) >= 11 is 3.47. The van der Waals surface area contributed by atoms with Gasteiger partial charge in [-0.05, 0) is 28.1 Å². The Hall–Kier alpha value is -1.03. The Labute approximate surface area is 85.4 Å². The Balaban J connectivity index is 2.31. The van der Waals surface area contributed by atoms with E-state index in [0.717, 1.165) is 23.1 Å². The lowest BCUT2D eigenvalue weighted by molar-refractivity contribution is 0.919. The second kappa shape index (κ2) is 3.38. The van der Waals surface area contributed by atoms with Gasteiger partial charge < -0.3 is 5.73 Å². The van der Waals surface area contributed by atoms with Crippen molar-refractivity contribution >= 4 is 27.5 Å². The Bertz CT molecular complexity index is 348. The predicted molar refractivity (Wildman–Crippen MR) is 57.7 cm³/mol. The number of hydrazone groups is 1. The van der Waals surface area contributed by atoms with Crippen LogP contribution in [-0.2, 0) is 0 Å². The molecule has 0 spiro atoms. The summed E-state index contributed by atoms with van der Waals surface area (Å²) in [6, 6.07) is 7.99. The summed E-state index contributed by atoms with van der Waals surface area (Å²) in [6.07, 6.45) is 0.849. The maximum atomic E-state index is 5.61. The standard InChI is InChI=1S/C9H10BrN3/c10-7-3-1-2-4-8(7)13-6-5-9(11)12-13/h1-4H,5-6H2,(H2,11,12). The van der Waals surface area contributed by atoms with Crippen molar-refractivity contribution in [2.45, 2.75) is 6.42 Å². The van der Waals surface area contributed by atoms with Gasteiger partial charge in [0.25, 0.3) is 0 Å². The highest BCUT2D eigenvalue weighted by Gasteiger charge is 2.14. The molecule has 1 aromatic rings. The third kappa shape index (κ3) is 1.67. The maximum Gasteiger partial charge on any atom is 0.122 e. The van der Waals surface area contributed by atoms with E-state index in [2.05, 4.69) is 21.0 Å². The number of amidine groups is 1. The zero-order valence-corrected chi connectivity index (χ0v) is 8.66. The van der Waals surface area contributed by atoms with Crippen LogP contribution in [0.1, 0.15) is 6.42 Å². The van der Waals surface area contributed by atoms with Crippen molar-refractivity contribution in [3.05, 3.63) is 28.7 Å². The number of nitrogens with zero attached hydrogens (tertiary/aromatic N) is 2. The summed E-state index contributed by atoms with van der Waals surface area (Å²) in [5, 5.41) is 6.13. The molecular formula is C9H10BrN3. The minimum atomic E-state index is 0.704. The fraction of sp³-hybridized carbons (Fsp3) is 0.222. The molecule has 0 atom stereocenters. The normalized spacial score (nSPS) is 16.1. The van der Waals surface area contributed by atoms with Gasteiger partial charge in [-0.15, -0.1) is 0 Å². The van der Waals surface area contributed by atoms with E-state index >= 15 is 0 Å². The van der Waals surface area contributed by atoms with E-state index in [1.807, 2.05) is 29.3 Å². The van der Waals surface area contributed by atoms with Crippen molar-refractivity contribution in [1.82, 2.24) is 0 Å². The topological polar surface area (TPSA) is 41.6 Å². The van der Waals surface area contributed by atoms with E-state index in [4.69, 9.17) is 5.73 Å². The molecule has 0 unspecified atom stereocenters. The lowest BCUT2D eigenvalue weighted by Gasteiger charge is -2.14. The Morgan fingerprint density at radius 2 is 2.15 bits per heavy atom. The van der Waals surface area contributed by atoms with Crippen LogP contribution < -0.4 is 10.7 Å². The monoisotopic (exact) mass is 239 g/mol. The first kappa shape index (κ1) is 8.56. The number of rotatable bonds is 1. The van der Waals surface area contributed by atoms with Crippen LogP contribution in [0.15, 0.2) is 33.8 Å². The van der Waals surface area contributed by atoms with Gasteiger partial charge in [-0.2, -0.15) is 5.10 Å². The fourth-order valence-electron chi connectivity index (χ4n) is 1.31. The van der Waals surface area contributed by atoms with Gasteiger partial charge in [0.05, 0.1) is 5.69 Å². The summed E-state index contributed by atoms with van der Waals surface area (Å²) < 4.78 is 1.05. The average Bonchev–Trinajstić information content (AvgIpc) is 2.53. The van der Waals surface area contributed by atoms with Crippen LogP contribution in [0.25, 0.3) is 0 Å². The Morgan fingerprint density at radius 1 is 1.38 bits per heavy atom. The van der Waals surface area contributed by atoms with Crippen LogP contribution in [0.3, 0.4) is 0 Å². The van der Waals surface area contributed by atoms with Crippen molar-refractivity contribution < 1.29 is 0 Å². The van der Waals surface area contributed by atoms with Crippen LogP contribution in [0, 0.1) is 0 Å². The molecule has 0 aliphatic carbocycles. The van der Waals surface area contributed by atoms with Crippen LogP contribution in [-0.4, -0.2) is 12.4 Å². The number of para-hydroxylation sites is 1. The molecule has 68 valence electrons. The highest BCUT2D eigenvalue weighted by Crippen LogP contribution is 2.27. The molecule has 1 heterocycles. The summed E-state index contributed by atoms with van der Waals surface area (Å²) in [6.45, 7) is 0.869. The maximum absolute atomic E-state index is 5.61. The molecule has 4 heteroatoms. The number of hydrogen-bond acceptors (Lipinski definition) is 3.